The van der Waals surface area contributed by atoms with E-state index in [0.29, 0.717) is 25.0 Å². The molecule has 0 amide bonds. The van der Waals surface area contributed by atoms with Crippen LogP contribution in [0.25, 0.3) is 0 Å². The molecule has 2 rings (SSSR count). The molecule has 2 aromatic heterocycles. The number of aromatic nitrogens is 4. The van der Waals surface area contributed by atoms with Crippen molar-refractivity contribution in [3.63, 3.8) is 0 Å². The van der Waals surface area contributed by atoms with Crippen molar-refractivity contribution < 1.29 is 9.47 Å². The molecule has 0 aliphatic carbocycles. The standard InChI is InChI=1S/C13H18N6O2/c1-3-6-21-13-18-11(14)17-12(19-13)16-8-9-4-5-10(20-2)15-7-9/h4-5,7H,3,6,8H2,1-2H3,(H3,14,16,17,18,19). The number of nitrogens with zero attached hydrogens (tertiary/aromatic N) is 4. The first-order valence-corrected chi connectivity index (χ1v) is 6.58. The highest BCUT2D eigenvalue weighted by atomic mass is 16.5. The molecule has 8 nitrogen and oxygen atoms in total. The van der Waals surface area contributed by atoms with E-state index in [1.165, 1.54) is 0 Å². The number of rotatable bonds is 7. The lowest BCUT2D eigenvalue weighted by atomic mass is 10.3. The molecule has 0 radical (unpaired) electrons. The van der Waals surface area contributed by atoms with Crippen molar-refractivity contribution in [2.24, 2.45) is 0 Å². The molecule has 0 aromatic carbocycles. The van der Waals surface area contributed by atoms with Crippen LogP contribution in [-0.4, -0.2) is 33.7 Å². The lowest BCUT2D eigenvalue weighted by molar-refractivity contribution is 0.292. The van der Waals surface area contributed by atoms with Gasteiger partial charge in [-0.3, -0.25) is 0 Å². The van der Waals surface area contributed by atoms with Gasteiger partial charge in [0, 0.05) is 18.8 Å². The number of pyridine rings is 1. The summed E-state index contributed by atoms with van der Waals surface area (Å²) in [4.78, 5) is 16.2. The van der Waals surface area contributed by atoms with Crippen molar-refractivity contribution >= 4 is 11.9 Å². The van der Waals surface area contributed by atoms with E-state index < -0.39 is 0 Å². The summed E-state index contributed by atoms with van der Waals surface area (Å²) < 4.78 is 10.4. The molecule has 0 spiro atoms. The van der Waals surface area contributed by atoms with Crippen LogP contribution in [0, 0.1) is 0 Å². The Labute approximate surface area is 122 Å². The summed E-state index contributed by atoms with van der Waals surface area (Å²) in [6.45, 7) is 3.04. The van der Waals surface area contributed by atoms with Crippen molar-refractivity contribution in [1.82, 2.24) is 19.9 Å². The molecule has 8 heteroatoms. The second kappa shape index (κ2) is 7.22. The van der Waals surface area contributed by atoms with Gasteiger partial charge in [-0.2, -0.15) is 15.0 Å². The Hall–Kier alpha value is -2.64. The molecule has 2 heterocycles. The van der Waals surface area contributed by atoms with Gasteiger partial charge >= 0.3 is 6.01 Å². The molecular weight excluding hydrogens is 272 g/mol. The number of anilines is 2. The predicted octanol–water partition coefficient (Wildman–Crippen LogP) is 1.26. The molecule has 2 aromatic rings. The van der Waals surface area contributed by atoms with Gasteiger partial charge in [0.15, 0.2) is 0 Å². The molecule has 0 unspecified atom stereocenters. The second-order valence-electron chi connectivity index (χ2n) is 4.21. The summed E-state index contributed by atoms with van der Waals surface area (Å²) in [6.07, 6.45) is 2.58. The Kier molecular flexibility index (Phi) is 5.08. The summed E-state index contributed by atoms with van der Waals surface area (Å²) in [5, 5.41) is 3.05. The molecule has 0 aliphatic heterocycles. The van der Waals surface area contributed by atoms with E-state index in [0.717, 1.165) is 12.0 Å². The van der Waals surface area contributed by atoms with Crippen LogP contribution in [-0.2, 0) is 6.54 Å². The van der Waals surface area contributed by atoms with E-state index in [2.05, 4.69) is 25.3 Å². The topological polar surface area (TPSA) is 108 Å². The normalized spacial score (nSPS) is 10.2. The average Bonchev–Trinajstić information content (AvgIpc) is 2.51. The fourth-order valence-corrected chi connectivity index (χ4v) is 1.53. The lowest BCUT2D eigenvalue weighted by Crippen LogP contribution is -2.09. The first-order valence-electron chi connectivity index (χ1n) is 6.58. The minimum Gasteiger partial charge on any atom is -0.481 e. The Bertz CT molecular complexity index is 575. The number of ether oxygens (including phenoxy) is 2. The van der Waals surface area contributed by atoms with E-state index >= 15 is 0 Å². The Morgan fingerprint density at radius 2 is 2.10 bits per heavy atom. The fraction of sp³-hybridized carbons (Fsp3) is 0.385. The Morgan fingerprint density at radius 1 is 1.24 bits per heavy atom. The van der Waals surface area contributed by atoms with Gasteiger partial charge in [-0.25, -0.2) is 4.98 Å². The van der Waals surface area contributed by atoms with E-state index in [4.69, 9.17) is 15.2 Å². The first kappa shape index (κ1) is 14.8. The van der Waals surface area contributed by atoms with Gasteiger partial charge in [-0.15, -0.1) is 0 Å². The molecule has 112 valence electrons. The first-order chi connectivity index (χ1) is 10.2. The van der Waals surface area contributed by atoms with Gasteiger partial charge in [0.25, 0.3) is 0 Å². The molecule has 21 heavy (non-hydrogen) atoms. The van der Waals surface area contributed by atoms with Crippen molar-refractivity contribution in [3.8, 4) is 11.9 Å². The minimum atomic E-state index is 0.117. The van der Waals surface area contributed by atoms with Crippen molar-refractivity contribution in [3.05, 3.63) is 23.9 Å². The van der Waals surface area contributed by atoms with Crippen LogP contribution in [0.15, 0.2) is 18.3 Å². The maximum atomic E-state index is 5.63. The van der Waals surface area contributed by atoms with E-state index in [1.807, 2.05) is 13.0 Å². The zero-order valence-electron chi connectivity index (χ0n) is 12.0. The molecule has 0 atom stereocenters. The third-order valence-corrected chi connectivity index (χ3v) is 2.52. The van der Waals surface area contributed by atoms with Gasteiger partial charge < -0.3 is 20.5 Å². The highest BCUT2D eigenvalue weighted by Crippen LogP contribution is 2.11. The SMILES string of the molecule is CCCOc1nc(N)nc(NCc2ccc(OC)nc2)n1. The molecule has 0 saturated carbocycles. The van der Waals surface area contributed by atoms with Crippen molar-refractivity contribution in [2.75, 3.05) is 24.8 Å². The summed E-state index contributed by atoms with van der Waals surface area (Å²) in [5.41, 5.74) is 6.59. The van der Waals surface area contributed by atoms with Crippen molar-refractivity contribution in [2.45, 2.75) is 19.9 Å². The maximum absolute atomic E-state index is 5.63. The summed E-state index contributed by atoms with van der Waals surface area (Å²) in [7, 11) is 1.58. The van der Waals surface area contributed by atoms with Crippen LogP contribution < -0.4 is 20.5 Å². The molecule has 0 bridgehead atoms. The quantitative estimate of drug-likeness (QED) is 0.784. The van der Waals surface area contributed by atoms with E-state index in [9.17, 15) is 0 Å². The van der Waals surface area contributed by atoms with Gasteiger partial charge in [-0.05, 0) is 12.0 Å². The Morgan fingerprint density at radius 3 is 2.76 bits per heavy atom. The smallest absolute Gasteiger partial charge is 0.323 e. The lowest BCUT2D eigenvalue weighted by Gasteiger charge is -2.08. The van der Waals surface area contributed by atoms with Gasteiger partial charge in [0.1, 0.15) is 0 Å². The molecule has 0 fully saturated rings. The number of nitrogens with two attached hydrogens (primary N) is 1. The maximum Gasteiger partial charge on any atom is 0.323 e. The van der Waals surface area contributed by atoms with Crippen LogP contribution in [0.4, 0.5) is 11.9 Å². The highest BCUT2D eigenvalue weighted by Gasteiger charge is 2.05. The summed E-state index contributed by atoms with van der Waals surface area (Å²) in [6, 6.07) is 3.91. The van der Waals surface area contributed by atoms with Crippen LogP contribution in [0.1, 0.15) is 18.9 Å². The van der Waals surface area contributed by atoms with E-state index in [1.54, 1.807) is 19.4 Å². The molecule has 0 aliphatic rings. The molecule has 3 N–H and O–H groups in total. The number of nitrogen functional groups attached to an aromatic ring is 1. The number of nitrogens with one attached hydrogen (secondary N) is 1. The van der Waals surface area contributed by atoms with Crippen molar-refractivity contribution in [1.29, 1.82) is 0 Å². The molecule has 0 saturated heterocycles. The van der Waals surface area contributed by atoms with Gasteiger partial charge in [0.05, 0.1) is 13.7 Å². The van der Waals surface area contributed by atoms with Crippen LogP contribution in [0.3, 0.4) is 0 Å². The third-order valence-electron chi connectivity index (χ3n) is 2.52. The minimum absolute atomic E-state index is 0.117. The predicted molar refractivity (Wildman–Crippen MR) is 78.1 cm³/mol. The third kappa shape index (κ3) is 4.44. The summed E-state index contributed by atoms with van der Waals surface area (Å²) in [5.74, 6) is 1.05. The average molecular weight is 290 g/mol. The fourth-order valence-electron chi connectivity index (χ4n) is 1.53. The summed E-state index contributed by atoms with van der Waals surface area (Å²) >= 11 is 0. The molecular formula is C13H18N6O2. The largest absolute Gasteiger partial charge is 0.481 e. The zero-order valence-corrected chi connectivity index (χ0v) is 12.0. The Balaban J connectivity index is 1.99. The van der Waals surface area contributed by atoms with Gasteiger partial charge in [-0.1, -0.05) is 13.0 Å². The number of methoxy groups -OCH3 is 1. The van der Waals surface area contributed by atoms with E-state index in [-0.39, 0.29) is 12.0 Å². The van der Waals surface area contributed by atoms with Crippen LogP contribution >= 0.6 is 0 Å². The highest BCUT2D eigenvalue weighted by molar-refractivity contribution is 5.33. The van der Waals surface area contributed by atoms with Crippen LogP contribution in [0.5, 0.6) is 11.9 Å². The van der Waals surface area contributed by atoms with Gasteiger partial charge in [0.2, 0.25) is 17.8 Å². The second-order valence-corrected chi connectivity index (χ2v) is 4.21. The number of hydrogen-bond acceptors (Lipinski definition) is 8. The number of hydrogen-bond donors (Lipinski definition) is 2. The van der Waals surface area contributed by atoms with Crippen LogP contribution in [0.2, 0.25) is 0 Å². The zero-order chi connectivity index (χ0) is 15.1. The monoisotopic (exact) mass is 290 g/mol.